The zero-order valence-electron chi connectivity index (χ0n) is 18.1. The second-order valence-corrected chi connectivity index (χ2v) is 7.69. The molecule has 0 aliphatic heterocycles. The number of halogens is 1. The summed E-state index contributed by atoms with van der Waals surface area (Å²) in [5.74, 6) is -0.399. The van der Waals surface area contributed by atoms with E-state index in [0.29, 0.717) is 22.9 Å². The van der Waals surface area contributed by atoms with Gasteiger partial charge in [-0.05, 0) is 56.5 Å². The lowest BCUT2D eigenvalue weighted by atomic mass is 10.1. The number of anilines is 1. The van der Waals surface area contributed by atoms with Crippen LogP contribution in [0.3, 0.4) is 0 Å². The third kappa shape index (κ3) is 5.21. The Morgan fingerprint density at radius 3 is 2.78 bits per heavy atom. The topological polar surface area (TPSA) is 113 Å². The fourth-order valence-electron chi connectivity index (χ4n) is 3.39. The molecule has 0 spiro atoms. The van der Waals surface area contributed by atoms with E-state index in [9.17, 15) is 9.59 Å². The monoisotopic (exact) mass is 454 g/mol. The first kappa shape index (κ1) is 23.2. The summed E-state index contributed by atoms with van der Waals surface area (Å²) in [5.41, 5.74) is 3.92. The molecule has 0 bridgehead atoms. The normalized spacial score (nSPS) is 10.7. The average Bonchev–Trinajstić information content (AvgIpc) is 3.23. The van der Waals surface area contributed by atoms with Crippen LogP contribution in [0.2, 0.25) is 5.02 Å². The van der Waals surface area contributed by atoms with E-state index in [-0.39, 0.29) is 19.4 Å². The molecule has 10 heteroatoms. The SMILES string of the molecule is Cc1cc(N(CCC#N)C(=O)COC(=O)CCc2c(C)nc3ncnn3c2C)ccc1Cl. The molecule has 1 aromatic carbocycles. The Balaban J connectivity index is 1.62. The van der Waals surface area contributed by atoms with Crippen LogP contribution in [0.25, 0.3) is 5.78 Å². The Morgan fingerprint density at radius 1 is 1.28 bits per heavy atom. The van der Waals surface area contributed by atoms with Crippen molar-refractivity contribution in [2.24, 2.45) is 0 Å². The minimum Gasteiger partial charge on any atom is -0.456 e. The summed E-state index contributed by atoms with van der Waals surface area (Å²) in [6.07, 6.45) is 2.08. The van der Waals surface area contributed by atoms with Crippen molar-refractivity contribution >= 4 is 34.9 Å². The number of esters is 1. The maximum atomic E-state index is 12.7. The molecule has 0 saturated carbocycles. The van der Waals surface area contributed by atoms with Gasteiger partial charge in [0.2, 0.25) is 0 Å². The van der Waals surface area contributed by atoms with E-state index in [1.54, 1.807) is 22.7 Å². The summed E-state index contributed by atoms with van der Waals surface area (Å²) in [4.78, 5) is 34.9. The molecule has 0 radical (unpaired) electrons. The first-order valence-corrected chi connectivity index (χ1v) is 10.4. The van der Waals surface area contributed by atoms with Crippen molar-refractivity contribution in [2.45, 2.75) is 40.0 Å². The molecule has 0 N–H and O–H groups in total. The number of hydrogen-bond acceptors (Lipinski definition) is 7. The summed E-state index contributed by atoms with van der Waals surface area (Å²) in [6, 6.07) is 7.18. The molecule has 3 rings (SSSR count). The van der Waals surface area contributed by atoms with Crippen LogP contribution in [0.5, 0.6) is 0 Å². The number of carbonyl (C=O) groups excluding carboxylic acids is 2. The quantitative estimate of drug-likeness (QED) is 0.480. The number of nitriles is 1. The molecule has 0 unspecified atom stereocenters. The summed E-state index contributed by atoms with van der Waals surface area (Å²) in [7, 11) is 0. The van der Waals surface area contributed by atoms with E-state index < -0.39 is 18.5 Å². The van der Waals surface area contributed by atoms with Gasteiger partial charge in [-0.15, -0.1) is 0 Å². The Kier molecular flexibility index (Phi) is 7.38. The van der Waals surface area contributed by atoms with Gasteiger partial charge in [0.15, 0.2) is 6.61 Å². The lowest BCUT2D eigenvalue weighted by Gasteiger charge is -2.22. The standard InChI is InChI=1S/C22H23ClN6O3/c1-14-11-17(5-7-19(14)23)28(10-4-9-24)20(30)12-32-21(31)8-6-18-15(2)27-22-25-13-26-29(22)16(18)3/h5,7,11,13H,4,6,8,10,12H2,1-3H3. The zero-order valence-corrected chi connectivity index (χ0v) is 18.9. The predicted molar refractivity (Wildman–Crippen MR) is 118 cm³/mol. The van der Waals surface area contributed by atoms with Gasteiger partial charge in [0.05, 0.1) is 12.5 Å². The van der Waals surface area contributed by atoms with Crippen molar-refractivity contribution in [1.82, 2.24) is 19.6 Å². The lowest BCUT2D eigenvalue weighted by molar-refractivity contribution is -0.147. The van der Waals surface area contributed by atoms with Crippen molar-refractivity contribution < 1.29 is 14.3 Å². The van der Waals surface area contributed by atoms with Crippen LogP contribution in [0.1, 0.15) is 35.4 Å². The molecule has 3 aromatic rings. The smallest absolute Gasteiger partial charge is 0.306 e. The van der Waals surface area contributed by atoms with Crippen molar-refractivity contribution in [3.63, 3.8) is 0 Å². The first-order valence-electron chi connectivity index (χ1n) is 10.1. The number of hydrogen-bond donors (Lipinski definition) is 0. The second-order valence-electron chi connectivity index (χ2n) is 7.28. The number of amides is 1. The van der Waals surface area contributed by atoms with E-state index in [1.165, 1.54) is 11.2 Å². The van der Waals surface area contributed by atoms with Crippen LogP contribution >= 0.6 is 11.6 Å². The molecule has 1 amide bonds. The highest BCUT2D eigenvalue weighted by Crippen LogP contribution is 2.23. The van der Waals surface area contributed by atoms with Crippen molar-refractivity contribution in [1.29, 1.82) is 5.26 Å². The van der Waals surface area contributed by atoms with Gasteiger partial charge in [0.1, 0.15) is 6.33 Å². The van der Waals surface area contributed by atoms with Gasteiger partial charge in [0, 0.05) is 35.1 Å². The molecule has 166 valence electrons. The minimum absolute atomic E-state index is 0.0924. The zero-order chi connectivity index (χ0) is 23.3. The molecule has 0 saturated heterocycles. The molecular formula is C22H23ClN6O3. The molecule has 32 heavy (non-hydrogen) atoms. The van der Waals surface area contributed by atoms with E-state index in [0.717, 1.165) is 22.5 Å². The molecule has 0 aliphatic carbocycles. The third-order valence-electron chi connectivity index (χ3n) is 5.13. The molecule has 2 aromatic heterocycles. The van der Waals surface area contributed by atoms with Crippen molar-refractivity contribution in [3.05, 3.63) is 52.1 Å². The second kappa shape index (κ2) is 10.2. The maximum Gasteiger partial charge on any atom is 0.306 e. The molecule has 0 fully saturated rings. The molecular weight excluding hydrogens is 432 g/mol. The van der Waals surface area contributed by atoms with Gasteiger partial charge in [0.25, 0.3) is 11.7 Å². The highest BCUT2D eigenvalue weighted by atomic mass is 35.5. The Labute approximate surface area is 190 Å². The first-order chi connectivity index (χ1) is 15.3. The van der Waals surface area contributed by atoms with Crippen LogP contribution in [0, 0.1) is 32.1 Å². The van der Waals surface area contributed by atoms with E-state index in [4.69, 9.17) is 21.6 Å². The van der Waals surface area contributed by atoms with Crippen LogP contribution in [0.4, 0.5) is 5.69 Å². The van der Waals surface area contributed by atoms with E-state index in [2.05, 4.69) is 15.1 Å². The summed E-state index contributed by atoms with van der Waals surface area (Å²) < 4.78 is 6.84. The number of benzene rings is 1. The Hall–Kier alpha value is -3.51. The molecule has 9 nitrogen and oxygen atoms in total. The van der Waals surface area contributed by atoms with Crippen molar-refractivity contribution in [2.75, 3.05) is 18.1 Å². The highest BCUT2D eigenvalue weighted by Gasteiger charge is 2.19. The largest absolute Gasteiger partial charge is 0.456 e. The van der Waals surface area contributed by atoms with Crippen LogP contribution in [0.15, 0.2) is 24.5 Å². The molecule has 2 heterocycles. The number of fused-ring (bicyclic) bond motifs is 1. The number of carbonyl (C=O) groups is 2. The summed E-state index contributed by atoms with van der Waals surface area (Å²) in [6.45, 7) is 5.35. The summed E-state index contributed by atoms with van der Waals surface area (Å²) in [5, 5.41) is 13.6. The fraction of sp³-hybridized carbons (Fsp3) is 0.364. The maximum absolute atomic E-state index is 12.7. The predicted octanol–water partition coefficient (Wildman–Crippen LogP) is 3.13. The number of ether oxygens (including phenoxy) is 1. The van der Waals surface area contributed by atoms with Gasteiger partial charge in [-0.2, -0.15) is 15.3 Å². The van der Waals surface area contributed by atoms with Gasteiger partial charge in [-0.25, -0.2) is 9.50 Å². The number of aromatic nitrogens is 4. The Morgan fingerprint density at radius 2 is 2.06 bits per heavy atom. The average molecular weight is 455 g/mol. The number of rotatable bonds is 8. The molecule has 0 atom stereocenters. The minimum atomic E-state index is -0.497. The third-order valence-corrected chi connectivity index (χ3v) is 5.55. The van der Waals surface area contributed by atoms with E-state index >= 15 is 0 Å². The van der Waals surface area contributed by atoms with Crippen molar-refractivity contribution in [3.8, 4) is 6.07 Å². The van der Waals surface area contributed by atoms with Gasteiger partial charge in [-0.1, -0.05) is 11.6 Å². The van der Waals surface area contributed by atoms with Gasteiger partial charge < -0.3 is 9.64 Å². The molecule has 0 aliphatic rings. The van der Waals surface area contributed by atoms with Crippen LogP contribution in [-0.4, -0.2) is 44.6 Å². The van der Waals surface area contributed by atoms with Crippen LogP contribution < -0.4 is 4.90 Å². The van der Waals surface area contributed by atoms with Gasteiger partial charge >= 0.3 is 5.97 Å². The lowest BCUT2D eigenvalue weighted by Crippen LogP contribution is -2.35. The number of aryl methyl sites for hydroxylation is 3. The fourth-order valence-corrected chi connectivity index (χ4v) is 3.51. The van der Waals surface area contributed by atoms with Crippen LogP contribution in [-0.2, 0) is 20.7 Å². The highest BCUT2D eigenvalue weighted by molar-refractivity contribution is 6.31. The van der Waals surface area contributed by atoms with E-state index in [1.807, 2.05) is 26.8 Å². The van der Waals surface area contributed by atoms with Gasteiger partial charge in [-0.3, -0.25) is 9.59 Å². The Bertz CT molecular complexity index is 1200. The summed E-state index contributed by atoms with van der Waals surface area (Å²) >= 11 is 6.07. The number of nitrogens with zero attached hydrogens (tertiary/aromatic N) is 6.